The van der Waals surface area contributed by atoms with E-state index >= 15 is 0 Å². The summed E-state index contributed by atoms with van der Waals surface area (Å²) < 4.78 is 34.1. The van der Waals surface area contributed by atoms with Crippen LogP contribution in [0.5, 0.6) is 0 Å². The van der Waals surface area contributed by atoms with Crippen molar-refractivity contribution in [2.24, 2.45) is 17.8 Å². The highest BCUT2D eigenvalue weighted by molar-refractivity contribution is 6.41. The number of nitrogens with one attached hydrogen (secondary N) is 1. The van der Waals surface area contributed by atoms with Crippen LogP contribution in [-0.4, -0.2) is 28.1 Å². The summed E-state index contributed by atoms with van der Waals surface area (Å²) in [6, 6.07) is 2.91. The first kappa shape index (κ1) is 17.3. The summed E-state index contributed by atoms with van der Waals surface area (Å²) in [6.07, 6.45) is 2.94. The van der Waals surface area contributed by atoms with E-state index in [1.165, 1.54) is 24.5 Å². The molecule has 1 aliphatic carbocycles. The molecule has 1 N–H and O–H groups in total. The van der Waals surface area contributed by atoms with Gasteiger partial charge in [-0.05, 0) is 30.4 Å². The molecule has 9 heteroatoms. The number of fused-ring (bicyclic) bond motifs is 5. The average Bonchev–Trinajstić information content (AvgIpc) is 3.25. The third-order valence-corrected chi connectivity index (χ3v) is 6.43. The molecule has 2 aliphatic heterocycles. The standard InChI is InChI=1S/C18H13Cl2F2N3O2/c19-10-3-6(5-24-16(10)20)25-18(26)12-11(7-1-2-23-17(22)13(7)21)14-8-4-9(8)15(12)27-14/h1-3,5,8-9,11-12,14-15H,4H2,(H,25,26)/t8-,9+,11+,12-,14-,15+/m0/s1. The molecule has 5 nitrogen and oxygen atoms in total. The van der Waals surface area contributed by atoms with Crippen molar-refractivity contribution in [3.8, 4) is 0 Å². The maximum Gasteiger partial charge on any atom is 0.249 e. The highest BCUT2D eigenvalue weighted by atomic mass is 35.5. The number of hydrogen-bond acceptors (Lipinski definition) is 4. The van der Waals surface area contributed by atoms with E-state index in [0.717, 1.165) is 6.42 Å². The SMILES string of the molecule is O=C(Nc1cnc(Cl)c(Cl)c1)[C@@H]1[C@@H]2O[C@@H]([C@H]3C[C@H]32)[C@@H]1c1ccnc(F)c1F. The molecule has 2 aromatic heterocycles. The minimum Gasteiger partial charge on any atom is -0.373 e. The second-order valence-electron chi connectivity index (χ2n) is 7.17. The number of carbonyl (C=O) groups excluding carboxylic acids is 1. The van der Waals surface area contributed by atoms with Crippen molar-refractivity contribution in [2.75, 3.05) is 5.32 Å². The highest BCUT2D eigenvalue weighted by Crippen LogP contribution is 2.65. The Hall–Kier alpha value is -1.83. The lowest BCUT2D eigenvalue weighted by Gasteiger charge is -2.27. The Labute approximate surface area is 163 Å². The van der Waals surface area contributed by atoms with Gasteiger partial charge in [0.2, 0.25) is 11.9 Å². The Morgan fingerprint density at radius 2 is 2.00 bits per heavy atom. The van der Waals surface area contributed by atoms with E-state index in [1.807, 2.05) is 0 Å². The number of nitrogens with zero attached hydrogens (tertiary/aromatic N) is 2. The number of pyridine rings is 2. The van der Waals surface area contributed by atoms with Crippen LogP contribution >= 0.6 is 23.2 Å². The summed E-state index contributed by atoms with van der Waals surface area (Å²) in [4.78, 5) is 20.3. The zero-order valence-electron chi connectivity index (χ0n) is 13.7. The average molecular weight is 412 g/mol. The largest absolute Gasteiger partial charge is 0.373 e. The fraction of sp³-hybridized carbons (Fsp3) is 0.389. The van der Waals surface area contributed by atoms with Crippen molar-refractivity contribution in [2.45, 2.75) is 24.5 Å². The van der Waals surface area contributed by atoms with Crippen molar-refractivity contribution >= 4 is 34.8 Å². The molecule has 2 bridgehead atoms. The number of halogens is 4. The molecule has 4 heterocycles. The molecule has 3 fully saturated rings. The summed E-state index contributed by atoms with van der Waals surface area (Å²) in [5.74, 6) is -3.14. The van der Waals surface area contributed by atoms with Gasteiger partial charge in [0.25, 0.3) is 0 Å². The van der Waals surface area contributed by atoms with Crippen LogP contribution in [0.2, 0.25) is 10.2 Å². The zero-order chi connectivity index (χ0) is 18.9. The van der Waals surface area contributed by atoms with Crippen molar-refractivity contribution < 1.29 is 18.3 Å². The molecule has 0 spiro atoms. The van der Waals surface area contributed by atoms with Gasteiger partial charge in [-0.2, -0.15) is 4.39 Å². The fourth-order valence-electron chi connectivity index (χ4n) is 4.57. The predicted molar refractivity (Wildman–Crippen MR) is 93.5 cm³/mol. The van der Waals surface area contributed by atoms with E-state index in [0.29, 0.717) is 17.5 Å². The van der Waals surface area contributed by atoms with Gasteiger partial charge in [-0.25, -0.2) is 14.4 Å². The molecule has 1 saturated carbocycles. The van der Waals surface area contributed by atoms with Gasteiger partial charge in [0.15, 0.2) is 5.82 Å². The molecule has 0 aromatic carbocycles. The maximum absolute atomic E-state index is 14.4. The lowest BCUT2D eigenvalue weighted by Crippen LogP contribution is -2.37. The second kappa shape index (κ2) is 6.09. The zero-order valence-corrected chi connectivity index (χ0v) is 15.2. The van der Waals surface area contributed by atoms with Gasteiger partial charge in [-0.15, -0.1) is 0 Å². The van der Waals surface area contributed by atoms with Gasteiger partial charge in [0, 0.05) is 17.7 Å². The Morgan fingerprint density at radius 3 is 2.78 bits per heavy atom. The molecule has 2 saturated heterocycles. The van der Waals surface area contributed by atoms with Crippen LogP contribution in [0.1, 0.15) is 17.9 Å². The van der Waals surface area contributed by atoms with Crippen LogP contribution in [0.4, 0.5) is 14.5 Å². The monoisotopic (exact) mass is 411 g/mol. The summed E-state index contributed by atoms with van der Waals surface area (Å²) in [5.41, 5.74) is 0.511. The number of carbonyl (C=O) groups is 1. The normalized spacial score (nSPS) is 33.0. The Bertz CT molecular complexity index is 960. The predicted octanol–water partition coefficient (Wildman–Crippen LogP) is 3.82. The van der Waals surface area contributed by atoms with E-state index in [-0.39, 0.29) is 33.9 Å². The van der Waals surface area contributed by atoms with Crippen molar-refractivity contribution in [1.29, 1.82) is 0 Å². The third-order valence-electron chi connectivity index (χ3n) is 5.75. The Balaban J connectivity index is 1.48. The van der Waals surface area contributed by atoms with E-state index in [1.54, 1.807) is 0 Å². The van der Waals surface area contributed by atoms with E-state index in [2.05, 4.69) is 15.3 Å². The first-order valence-corrected chi connectivity index (χ1v) is 9.28. The second-order valence-corrected chi connectivity index (χ2v) is 7.94. The fourth-order valence-corrected chi connectivity index (χ4v) is 4.84. The van der Waals surface area contributed by atoms with Crippen LogP contribution < -0.4 is 5.32 Å². The van der Waals surface area contributed by atoms with Crippen LogP contribution in [-0.2, 0) is 9.53 Å². The Kier molecular flexibility index (Phi) is 3.90. The van der Waals surface area contributed by atoms with Gasteiger partial charge >= 0.3 is 0 Å². The molecule has 2 aromatic rings. The maximum atomic E-state index is 14.4. The molecule has 6 atom stereocenters. The molecular formula is C18H13Cl2F2N3O2. The summed E-state index contributed by atoms with van der Waals surface area (Å²) in [5, 5.41) is 3.09. The first-order valence-electron chi connectivity index (χ1n) is 8.53. The molecule has 1 amide bonds. The lowest BCUT2D eigenvalue weighted by atomic mass is 9.75. The number of anilines is 1. The number of aromatic nitrogens is 2. The summed E-state index contributed by atoms with van der Waals surface area (Å²) >= 11 is 11.7. The molecule has 3 aliphatic rings. The number of amides is 1. The number of hydrogen-bond donors (Lipinski definition) is 1. The van der Waals surface area contributed by atoms with E-state index < -0.39 is 23.6 Å². The first-order chi connectivity index (χ1) is 13.0. The lowest BCUT2D eigenvalue weighted by molar-refractivity contribution is -0.122. The third kappa shape index (κ3) is 2.63. The van der Waals surface area contributed by atoms with Crippen LogP contribution in [0.15, 0.2) is 24.5 Å². The quantitative estimate of drug-likeness (QED) is 0.779. The minimum absolute atomic E-state index is 0.131. The van der Waals surface area contributed by atoms with Gasteiger partial charge in [-0.3, -0.25) is 4.79 Å². The van der Waals surface area contributed by atoms with Gasteiger partial charge in [0.1, 0.15) is 5.15 Å². The smallest absolute Gasteiger partial charge is 0.249 e. The molecule has 5 rings (SSSR count). The van der Waals surface area contributed by atoms with Crippen molar-refractivity contribution in [3.05, 3.63) is 52.0 Å². The van der Waals surface area contributed by atoms with Gasteiger partial charge in [0.05, 0.1) is 35.0 Å². The topological polar surface area (TPSA) is 64.1 Å². The van der Waals surface area contributed by atoms with Crippen LogP contribution in [0.25, 0.3) is 0 Å². The molecule has 140 valence electrons. The van der Waals surface area contributed by atoms with Crippen molar-refractivity contribution in [3.63, 3.8) is 0 Å². The van der Waals surface area contributed by atoms with Gasteiger partial charge in [-0.1, -0.05) is 23.2 Å². The number of rotatable bonds is 3. The Morgan fingerprint density at radius 1 is 1.22 bits per heavy atom. The van der Waals surface area contributed by atoms with Crippen LogP contribution in [0.3, 0.4) is 0 Å². The van der Waals surface area contributed by atoms with Gasteiger partial charge < -0.3 is 10.1 Å². The molecule has 27 heavy (non-hydrogen) atoms. The highest BCUT2D eigenvalue weighted by Gasteiger charge is 2.69. The van der Waals surface area contributed by atoms with Crippen LogP contribution in [0, 0.1) is 29.5 Å². The molecule has 0 unspecified atom stereocenters. The van der Waals surface area contributed by atoms with Crippen molar-refractivity contribution in [1.82, 2.24) is 9.97 Å². The summed E-state index contributed by atoms with van der Waals surface area (Å²) in [6.45, 7) is 0. The number of ether oxygens (including phenoxy) is 1. The van der Waals surface area contributed by atoms with E-state index in [9.17, 15) is 13.6 Å². The molecular weight excluding hydrogens is 399 g/mol. The molecule has 0 radical (unpaired) electrons. The minimum atomic E-state index is -1.17. The summed E-state index contributed by atoms with van der Waals surface area (Å²) in [7, 11) is 0. The van der Waals surface area contributed by atoms with E-state index in [4.69, 9.17) is 27.9 Å².